The van der Waals surface area contributed by atoms with Gasteiger partial charge in [-0.25, -0.2) is 0 Å². The molecule has 2 atom stereocenters. The first-order chi connectivity index (χ1) is 10.6. The molecule has 0 radical (unpaired) electrons. The molecule has 6 heteroatoms. The molecular weight excluding hydrogens is 345 g/mol. The second kappa shape index (κ2) is 8.05. The van der Waals surface area contributed by atoms with Crippen LogP contribution < -0.4 is 11.1 Å². The number of nitrogens with zero attached hydrogens (tertiary/aromatic N) is 1. The highest BCUT2D eigenvalue weighted by Gasteiger charge is 2.36. The Morgan fingerprint density at radius 1 is 1.42 bits per heavy atom. The molecule has 2 rings (SSSR count). The van der Waals surface area contributed by atoms with Gasteiger partial charge in [-0.05, 0) is 49.8 Å². The summed E-state index contributed by atoms with van der Waals surface area (Å²) >= 11 is 6.29. The van der Waals surface area contributed by atoms with E-state index in [1.165, 1.54) is 0 Å². The van der Waals surface area contributed by atoms with Crippen LogP contribution in [0.2, 0.25) is 5.02 Å². The summed E-state index contributed by atoms with van der Waals surface area (Å²) in [6.45, 7) is 11.9. The quantitative estimate of drug-likeness (QED) is 0.847. The van der Waals surface area contributed by atoms with Gasteiger partial charge in [-0.1, -0.05) is 31.5 Å². The highest BCUT2D eigenvalue weighted by Crippen LogP contribution is 2.30. The molecule has 1 heterocycles. The zero-order valence-electron chi connectivity index (χ0n) is 15.1. The Labute approximate surface area is 156 Å². The largest absolute Gasteiger partial charge is 0.327 e. The zero-order valence-corrected chi connectivity index (χ0v) is 16.7. The average Bonchev–Trinajstić information content (AvgIpc) is 2.44. The van der Waals surface area contributed by atoms with Gasteiger partial charge in [0.25, 0.3) is 0 Å². The van der Waals surface area contributed by atoms with Gasteiger partial charge in [0.15, 0.2) is 0 Å². The number of nitrogens with two attached hydrogens (primary N) is 1. The van der Waals surface area contributed by atoms with Crippen molar-refractivity contribution >= 4 is 35.6 Å². The van der Waals surface area contributed by atoms with Gasteiger partial charge in [-0.15, -0.1) is 12.4 Å². The molecule has 24 heavy (non-hydrogen) atoms. The first-order valence-corrected chi connectivity index (χ1v) is 8.57. The summed E-state index contributed by atoms with van der Waals surface area (Å²) in [5, 5.41) is 3.58. The van der Waals surface area contributed by atoms with Crippen LogP contribution >= 0.6 is 24.0 Å². The van der Waals surface area contributed by atoms with Crippen LogP contribution in [0, 0.1) is 19.3 Å². The number of amides is 1. The number of likely N-dealkylation sites (tertiary alicyclic amines) is 1. The molecule has 0 saturated carbocycles. The second-order valence-corrected chi connectivity index (χ2v) is 7.87. The van der Waals surface area contributed by atoms with Crippen molar-refractivity contribution in [1.82, 2.24) is 4.90 Å². The third-order valence-corrected chi connectivity index (χ3v) is 5.25. The minimum absolute atomic E-state index is 0. The number of hydrogen-bond donors (Lipinski definition) is 2. The zero-order chi connectivity index (χ0) is 17.4. The van der Waals surface area contributed by atoms with Crippen LogP contribution in [-0.2, 0) is 4.79 Å². The molecule has 0 bridgehead atoms. The number of carbonyl (C=O) groups is 1. The minimum Gasteiger partial charge on any atom is -0.327 e. The number of benzene rings is 1. The molecule has 4 nitrogen and oxygen atoms in total. The van der Waals surface area contributed by atoms with E-state index in [0.717, 1.165) is 30.6 Å². The van der Waals surface area contributed by atoms with Crippen LogP contribution in [0.1, 0.15) is 38.3 Å². The smallest absolute Gasteiger partial charge is 0.241 e. The number of aryl methyl sites for hydroxylation is 2. The summed E-state index contributed by atoms with van der Waals surface area (Å²) in [6, 6.07) is 3.87. The maximum Gasteiger partial charge on any atom is 0.241 e. The van der Waals surface area contributed by atoms with Gasteiger partial charge < -0.3 is 11.1 Å². The van der Waals surface area contributed by atoms with Gasteiger partial charge in [0, 0.05) is 19.1 Å². The SMILES string of the molecule is Cc1cc(C)c(NC(=O)C(C)N2CCC(N)C(C)(C)C2)c(Cl)c1.Cl. The van der Waals surface area contributed by atoms with Crippen LogP contribution in [0.5, 0.6) is 0 Å². The van der Waals surface area contributed by atoms with Crippen LogP contribution in [0.15, 0.2) is 12.1 Å². The summed E-state index contributed by atoms with van der Waals surface area (Å²) in [4.78, 5) is 14.9. The van der Waals surface area contributed by atoms with Crippen molar-refractivity contribution in [1.29, 1.82) is 0 Å². The standard InChI is InChI=1S/C18H28ClN3O.ClH/c1-11-8-12(2)16(14(19)9-11)21-17(23)13(3)22-7-6-15(20)18(4,5)10-22;/h8-9,13,15H,6-7,10,20H2,1-5H3,(H,21,23);1H. The summed E-state index contributed by atoms with van der Waals surface area (Å²) in [6.07, 6.45) is 0.912. The van der Waals surface area contributed by atoms with Crippen molar-refractivity contribution in [2.75, 3.05) is 18.4 Å². The van der Waals surface area contributed by atoms with Crippen molar-refractivity contribution in [3.8, 4) is 0 Å². The highest BCUT2D eigenvalue weighted by atomic mass is 35.5. The minimum atomic E-state index is -0.210. The van der Waals surface area contributed by atoms with Crippen molar-refractivity contribution < 1.29 is 4.79 Å². The lowest BCUT2D eigenvalue weighted by Gasteiger charge is -2.44. The molecular formula is C18H29Cl2N3O. The summed E-state index contributed by atoms with van der Waals surface area (Å²) in [5.41, 5.74) is 8.98. The Morgan fingerprint density at radius 3 is 2.58 bits per heavy atom. The number of piperidine rings is 1. The number of hydrogen-bond acceptors (Lipinski definition) is 3. The Balaban J connectivity index is 0.00000288. The molecule has 0 aliphatic carbocycles. The maximum absolute atomic E-state index is 12.7. The van der Waals surface area contributed by atoms with Gasteiger partial charge in [0.05, 0.1) is 16.8 Å². The van der Waals surface area contributed by atoms with Gasteiger partial charge >= 0.3 is 0 Å². The van der Waals surface area contributed by atoms with E-state index in [2.05, 4.69) is 24.1 Å². The Kier molecular flexibility index (Phi) is 7.12. The first-order valence-electron chi connectivity index (χ1n) is 8.19. The van der Waals surface area contributed by atoms with E-state index in [0.29, 0.717) is 10.7 Å². The number of nitrogens with one attached hydrogen (secondary N) is 1. The fraction of sp³-hybridized carbons (Fsp3) is 0.611. The van der Waals surface area contributed by atoms with Crippen LogP contribution in [0.25, 0.3) is 0 Å². The normalized spacial score (nSPS) is 21.7. The summed E-state index contributed by atoms with van der Waals surface area (Å²) in [7, 11) is 0. The lowest BCUT2D eigenvalue weighted by molar-refractivity contribution is -0.122. The van der Waals surface area contributed by atoms with Crippen molar-refractivity contribution in [2.45, 2.75) is 53.1 Å². The van der Waals surface area contributed by atoms with Gasteiger partial charge in [0.1, 0.15) is 0 Å². The third kappa shape index (κ3) is 4.63. The monoisotopic (exact) mass is 373 g/mol. The predicted molar refractivity (Wildman–Crippen MR) is 104 cm³/mol. The van der Waals surface area contributed by atoms with Crippen LogP contribution in [-0.4, -0.2) is 36.0 Å². The topological polar surface area (TPSA) is 58.4 Å². The number of halogens is 2. The molecule has 2 unspecified atom stereocenters. The van der Waals surface area contributed by atoms with E-state index in [1.54, 1.807) is 0 Å². The Bertz CT molecular complexity index is 581. The molecule has 1 aliphatic rings. The van der Waals surface area contributed by atoms with Crippen molar-refractivity contribution in [2.24, 2.45) is 11.1 Å². The molecule has 1 aromatic carbocycles. The highest BCUT2D eigenvalue weighted by molar-refractivity contribution is 6.34. The Morgan fingerprint density at radius 2 is 2.04 bits per heavy atom. The third-order valence-electron chi connectivity index (χ3n) is 4.95. The fourth-order valence-corrected chi connectivity index (χ4v) is 3.58. The lowest BCUT2D eigenvalue weighted by Crippen LogP contribution is -2.56. The van der Waals surface area contributed by atoms with E-state index < -0.39 is 0 Å². The Hall–Kier alpha value is -0.810. The lowest BCUT2D eigenvalue weighted by atomic mass is 9.79. The second-order valence-electron chi connectivity index (χ2n) is 7.46. The van der Waals surface area contributed by atoms with Crippen molar-refractivity contribution in [3.05, 3.63) is 28.3 Å². The summed E-state index contributed by atoms with van der Waals surface area (Å²) < 4.78 is 0. The molecule has 1 amide bonds. The molecule has 1 aromatic rings. The van der Waals surface area contributed by atoms with Gasteiger partial charge in [-0.3, -0.25) is 9.69 Å². The maximum atomic E-state index is 12.7. The molecule has 136 valence electrons. The molecule has 0 spiro atoms. The molecule has 1 aliphatic heterocycles. The van der Waals surface area contributed by atoms with Crippen LogP contribution in [0.3, 0.4) is 0 Å². The van der Waals surface area contributed by atoms with Crippen molar-refractivity contribution in [3.63, 3.8) is 0 Å². The average molecular weight is 374 g/mol. The summed E-state index contributed by atoms with van der Waals surface area (Å²) in [5.74, 6) is -0.0230. The van der Waals surface area contributed by atoms with E-state index in [4.69, 9.17) is 17.3 Å². The van der Waals surface area contributed by atoms with Gasteiger partial charge in [-0.2, -0.15) is 0 Å². The van der Waals surface area contributed by atoms with Gasteiger partial charge in [0.2, 0.25) is 5.91 Å². The van der Waals surface area contributed by atoms with Crippen LogP contribution in [0.4, 0.5) is 5.69 Å². The number of rotatable bonds is 3. The van der Waals surface area contributed by atoms with E-state index in [-0.39, 0.29) is 35.8 Å². The first kappa shape index (κ1) is 21.2. The number of carbonyl (C=O) groups excluding carboxylic acids is 1. The van der Waals surface area contributed by atoms with E-state index >= 15 is 0 Å². The number of anilines is 1. The van der Waals surface area contributed by atoms with E-state index in [9.17, 15) is 4.79 Å². The molecule has 3 N–H and O–H groups in total. The molecule has 1 saturated heterocycles. The fourth-order valence-electron chi connectivity index (χ4n) is 3.21. The van der Waals surface area contributed by atoms with E-state index in [1.807, 2.05) is 32.9 Å². The predicted octanol–water partition coefficient (Wildman–Crippen LogP) is 3.76. The molecule has 0 aromatic heterocycles. The molecule has 1 fully saturated rings.